The van der Waals surface area contributed by atoms with Crippen LogP contribution in [0.5, 0.6) is 0 Å². The van der Waals surface area contributed by atoms with Crippen molar-refractivity contribution < 1.29 is 28.0 Å². The number of hydrogen-bond donors (Lipinski definition) is 1. The monoisotopic (exact) mass is 394 g/mol. The molecule has 1 aromatic rings. The van der Waals surface area contributed by atoms with Crippen molar-refractivity contribution in [2.45, 2.75) is 44.8 Å². The van der Waals surface area contributed by atoms with Gasteiger partial charge in [0.05, 0.1) is 21.4 Å². The summed E-state index contributed by atoms with van der Waals surface area (Å²) in [4.78, 5) is 23.5. The number of nitrogens with zero attached hydrogens (tertiary/aromatic N) is 2. The standard InChI is InChI=1S/C16H18ClF3N2O4/c1-8-13(17)11(15(23)24)7-12(22(25)26)14(8)21(2)10-5-3-9(4-6-10)16(18,19)20/h7,9-10H,3-6H2,1-2H3,(H,23,24). The Kier molecular flexibility index (Phi) is 5.70. The average molecular weight is 395 g/mol. The normalized spacial score (nSPS) is 20.7. The van der Waals surface area contributed by atoms with E-state index < -0.39 is 28.7 Å². The van der Waals surface area contributed by atoms with Crippen molar-refractivity contribution in [3.05, 3.63) is 32.3 Å². The van der Waals surface area contributed by atoms with E-state index in [2.05, 4.69) is 0 Å². The zero-order valence-corrected chi connectivity index (χ0v) is 14.9. The minimum atomic E-state index is -4.24. The number of carbonyl (C=O) groups is 1. The SMILES string of the molecule is Cc1c(Cl)c(C(=O)O)cc([N+](=O)[O-])c1N(C)C1CCC(C(F)(F)F)CC1. The van der Waals surface area contributed by atoms with Crippen LogP contribution < -0.4 is 4.90 Å². The maximum atomic E-state index is 12.8. The first-order valence-electron chi connectivity index (χ1n) is 7.95. The number of hydrogen-bond acceptors (Lipinski definition) is 4. The molecule has 0 atom stereocenters. The molecular weight excluding hydrogens is 377 g/mol. The fraction of sp³-hybridized carbons (Fsp3) is 0.562. The molecular formula is C16H18ClF3N2O4. The minimum Gasteiger partial charge on any atom is -0.478 e. The predicted molar refractivity (Wildman–Crippen MR) is 90.0 cm³/mol. The molecule has 0 aromatic heterocycles. The summed E-state index contributed by atoms with van der Waals surface area (Å²) in [5.41, 5.74) is -0.447. The Morgan fingerprint density at radius 2 is 1.88 bits per heavy atom. The zero-order valence-electron chi connectivity index (χ0n) is 14.1. The minimum absolute atomic E-state index is 0.0493. The van der Waals surface area contributed by atoms with E-state index in [1.165, 1.54) is 6.92 Å². The molecule has 2 rings (SSSR count). The number of alkyl halides is 3. The van der Waals surface area contributed by atoms with Crippen LogP contribution in [0.2, 0.25) is 5.02 Å². The average Bonchev–Trinajstić information content (AvgIpc) is 2.55. The van der Waals surface area contributed by atoms with Gasteiger partial charge in [-0.3, -0.25) is 10.1 Å². The van der Waals surface area contributed by atoms with E-state index in [0.717, 1.165) is 6.07 Å². The molecule has 1 saturated carbocycles. The summed E-state index contributed by atoms with van der Waals surface area (Å²) < 4.78 is 38.5. The fourth-order valence-corrected chi connectivity index (χ4v) is 3.70. The molecule has 1 aromatic carbocycles. The summed E-state index contributed by atoms with van der Waals surface area (Å²) >= 11 is 6.06. The molecule has 0 saturated heterocycles. The molecule has 0 spiro atoms. The van der Waals surface area contributed by atoms with E-state index in [9.17, 15) is 28.1 Å². The number of carboxylic acids is 1. The van der Waals surface area contributed by atoms with Gasteiger partial charge in [-0.25, -0.2) is 4.79 Å². The lowest BCUT2D eigenvalue weighted by Gasteiger charge is -2.37. The first-order chi connectivity index (χ1) is 11.9. The van der Waals surface area contributed by atoms with Gasteiger partial charge in [-0.2, -0.15) is 13.2 Å². The van der Waals surface area contributed by atoms with Crippen molar-refractivity contribution in [1.29, 1.82) is 0 Å². The maximum absolute atomic E-state index is 12.8. The third kappa shape index (κ3) is 3.87. The van der Waals surface area contributed by atoms with Crippen molar-refractivity contribution in [3.8, 4) is 0 Å². The highest BCUT2D eigenvalue weighted by atomic mass is 35.5. The summed E-state index contributed by atoms with van der Waals surface area (Å²) in [6.07, 6.45) is -3.87. The molecule has 26 heavy (non-hydrogen) atoms. The van der Waals surface area contributed by atoms with Crippen molar-refractivity contribution in [2.24, 2.45) is 5.92 Å². The van der Waals surface area contributed by atoms with Crippen LogP contribution in [-0.4, -0.2) is 35.3 Å². The van der Waals surface area contributed by atoms with Crippen LogP contribution in [0, 0.1) is 23.0 Å². The molecule has 1 aliphatic carbocycles. The molecule has 1 fully saturated rings. The molecule has 10 heteroatoms. The number of benzene rings is 1. The van der Waals surface area contributed by atoms with Gasteiger partial charge in [0, 0.05) is 19.2 Å². The highest BCUT2D eigenvalue weighted by Crippen LogP contribution is 2.43. The zero-order chi connectivity index (χ0) is 19.8. The van der Waals surface area contributed by atoms with Gasteiger partial charge in [0.25, 0.3) is 5.69 Å². The topological polar surface area (TPSA) is 83.7 Å². The molecule has 0 aliphatic heterocycles. The fourth-order valence-electron chi connectivity index (χ4n) is 3.48. The lowest BCUT2D eigenvalue weighted by atomic mass is 9.84. The molecule has 6 nitrogen and oxygen atoms in total. The predicted octanol–water partition coefficient (Wildman–Crippen LogP) is 4.81. The Morgan fingerprint density at radius 3 is 2.31 bits per heavy atom. The summed E-state index contributed by atoms with van der Waals surface area (Å²) in [6.45, 7) is 1.47. The van der Waals surface area contributed by atoms with Gasteiger partial charge in [0.2, 0.25) is 0 Å². The maximum Gasteiger partial charge on any atom is 0.391 e. The summed E-state index contributed by atoms with van der Waals surface area (Å²) in [5.74, 6) is -2.75. The third-order valence-corrected chi connectivity index (χ3v) is 5.42. The number of carboxylic acid groups (broad SMARTS) is 1. The number of rotatable bonds is 4. The van der Waals surface area contributed by atoms with Gasteiger partial charge < -0.3 is 10.0 Å². The third-order valence-electron chi connectivity index (χ3n) is 4.93. The van der Waals surface area contributed by atoms with Gasteiger partial charge in [0.15, 0.2) is 0 Å². The number of anilines is 1. The Labute approximate surface area is 152 Å². The second-order valence-electron chi connectivity index (χ2n) is 6.45. The van der Waals surface area contributed by atoms with Crippen molar-refractivity contribution in [2.75, 3.05) is 11.9 Å². The molecule has 0 amide bonds. The van der Waals surface area contributed by atoms with E-state index in [1.807, 2.05) is 0 Å². The molecule has 0 radical (unpaired) electrons. The molecule has 0 bridgehead atoms. The molecule has 1 N–H and O–H groups in total. The van der Waals surface area contributed by atoms with E-state index in [1.54, 1.807) is 11.9 Å². The Balaban J connectivity index is 2.37. The summed E-state index contributed by atoms with van der Waals surface area (Å²) in [7, 11) is 1.56. The van der Waals surface area contributed by atoms with Gasteiger partial charge in [-0.15, -0.1) is 0 Å². The largest absolute Gasteiger partial charge is 0.478 e. The second kappa shape index (κ2) is 7.30. The first kappa shape index (κ1) is 20.3. The Hall–Kier alpha value is -2.03. The summed E-state index contributed by atoms with van der Waals surface area (Å²) in [6, 6.07) is 0.572. The van der Waals surface area contributed by atoms with Crippen molar-refractivity contribution in [1.82, 2.24) is 0 Å². The molecule has 1 aliphatic rings. The van der Waals surface area contributed by atoms with Crippen LogP contribution in [0.15, 0.2) is 6.07 Å². The van der Waals surface area contributed by atoms with E-state index in [4.69, 9.17) is 16.7 Å². The van der Waals surface area contributed by atoms with Gasteiger partial charge in [-0.1, -0.05) is 11.6 Å². The number of nitro groups is 1. The number of aromatic carboxylic acids is 1. The Morgan fingerprint density at radius 1 is 1.35 bits per heavy atom. The molecule has 0 heterocycles. The van der Waals surface area contributed by atoms with Crippen LogP contribution in [-0.2, 0) is 0 Å². The second-order valence-corrected chi connectivity index (χ2v) is 6.83. The van der Waals surface area contributed by atoms with E-state index in [-0.39, 0.29) is 53.6 Å². The van der Waals surface area contributed by atoms with Crippen LogP contribution >= 0.6 is 11.6 Å². The highest BCUT2D eigenvalue weighted by molar-refractivity contribution is 6.35. The molecule has 144 valence electrons. The lowest BCUT2D eigenvalue weighted by Crippen LogP contribution is -2.39. The van der Waals surface area contributed by atoms with E-state index >= 15 is 0 Å². The quantitative estimate of drug-likeness (QED) is 0.585. The number of nitro benzene ring substituents is 1. The van der Waals surface area contributed by atoms with Crippen LogP contribution in [0.4, 0.5) is 24.5 Å². The van der Waals surface area contributed by atoms with Crippen molar-refractivity contribution >= 4 is 28.9 Å². The highest BCUT2D eigenvalue weighted by Gasteiger charge is 2.42. The summed E-state index contributed by atoms with van der Waals surface area (Å²) in [5, 5.41) is 20.5. The van der Waals surface area contributed by atoms with E-state index in [0.29, 0.717) is 0 Å². The van der Waals surface area contributed by atoms with Gasteiger partial charge >= 0.3 is 12.1 Å². The number of halogens is 4. The lowest BCUT2D eigenvalue weighted by molar-refractivity contribution is -0.384. The van der Waals surface area contributed by atoms with Gasteiger partial charge in [0.1, 0.15) is 5.69 Å². The van der Waals surface area contributed by atoms with Crippen LogP contribution in [0.25, 0.3) is 0 Å². The first-order valence-corrected chi connectivity index (χ1v) is 8.33. The van der Waals surface area contributed by atoms with Crippen LogP contribution in [0.1, 0.15) is 41.6 Å². The Bertz CT molecular complexity index is 731. The molecule has 0 unspecified atom stereocenters. The van der Waals surface area contributed by atoms with Gasteiger partial charge in [-0.05, 0) is 38.2 Å². The van der Waals surface area contributed by atoms with Crippen LogP contribution in [0.3, 0.4) is 0 Å². The smallest absolute Gasteiger partial charge is 0.391 e. The van der Waals surface area contributed by atoms with Crippen molar-refractivity contribution in [3.63, 3.8) is 0 Å².